The molecule has 3 atom stereocenters. The molecule has 25 heavy (non-hydrogen) atoms. The van der Waals surface area contributed by atoms with Crippen LogP contribution < -0.4 is 5.32 Å². The monoisotopic (exact) mass is 356 g/mol. The highest BCUT2D eigenvalue weighted by Crippen LogP contribution is 2.24. The number of ketones is 1. The summed E-state index contributed by atoms with van der Waals surface area (Å²) in [5, 5.41) is 2.42. The van der Waals surface area contributed by atoms with Gasteiger partial charge in [0.2, 0.25) is 5.91 Å². The van der Waals surface area contributed by atoms with E-state index >= 15 is 0 Å². The summed E-state index contributed by atoms with van der Waals surface area (Å²) in [5.74, 6) is -2.29. The van der Waals surface area contributed by atoms with Crippen molar-refractivity contribution >= 4 is 23.8 Å². The second-order valence-corrected chi connectivity index (χ2v) is 7.33. The van der Waals surface area contributed by atoms with Gasteiger partial charge in [-0.1, -0.05) is 0 Å². The number of hydrogen-bond donors (Lipinski definition) is 1. The van der Waals surface area contributed by atoms with Crippen molar-refractivity contribution in [2.24, 2.45) is 5.92 Å². The maximum absolute atomic E-state index is 12.4. The molecule has 2 amide bonds. The summed E-state index contributed by atoms with van der Waals surface area (Å²) in [5.41, 5.74) is -0.628. The average Bonchev–Trinajstić information content (AvgIpc) is 2.49. The number of piperidine rings is 1. The highest BCUT2D eigenvalue weighted by molar-refractivity contribution is 6.04. The molecule has 1 aliphatic rings. The Morgan fingerprint density at radius 2 is 1.76 bits per heavy atom. The Hall–Kier alpha value is -2.12. The molecule has 0 aromatic carbocycles. The van der Waals surface area contributed by atoms with Gasteiger partial charge in [-0.3, -0.25) is 9.59 Å². The molecule has 142 valence electrons. The van der Waals surface area contributed by atoms with Crippen molar-refractivity contribution in [2.45, 2.75) is 65.1 Å². The average molecular weight is 356 g/mol. The van der Waals surface area contributed by atoms with Crippen LogP contribution >= 0.6 is 0 Å². The van der Waals surface area contributed by atoms with Crippen LogP contribution in [0, 0.1) is 5.92 Å². The zero-order chi connectivity index (χ0) is 19.4. The van der Waals surface area contributed by atoms with Crippen LogP contribution in [0.1, 0.15) is 47.5 Å². The molecule has 1 unspecified atom stereocenters. The van der Waals surface area contributed by atoms with E-state index in [0.717, 1.165) is 7.11 Å². The molecule has 0 spiro atoms. The van der Waals surface area contributed by atoms with Crippen molar-refractivity contribution in [1.82, 2.24) is 10.2 Å². The zero-order valence-corrected chi connectivity index (χ0v) is 15.8. The van der Waals surface area contributed by atoms with E-state index in [1.807, 2.05) is 6.92 Å². The molecule has 0 saturated carbocycles. The highest BCUT2D eigenvalue weighted by Gasteiger charge is 2.37. The predicted octanol–water partition coefficient (Wildman–Crippen LogP) is 1.27. The first-order valence-electron chi connectivity index (χ1n) is 8.34. The summed E-state index contributed by atoms with van der Waals surface area (Å²) in [6.07, 6.45) is 0.701. The summed E-state index contributed by atoms with van der Waals surface area (Å²) in [4.78, 5) is 49.4. The number of methoxy groups -OCH3 is 1. The van der Waals surface area contributed by atoms with E-state index < -0.39 is 41.3 Å². The lowest BCUT2D eigenvalue weighted by Crippen LogP contribution is -2.54. The van der Waals surface area contributed by atoms with E-state index in [9.17, 15) is 19.2 Å². The minimum Gasteiger partial charge on any atom is -0.467 e. The van der Waals surface area contributed by atoms with Crippen LogP contribution in [0.3, 0.4) is 0 Å². The molecule has 1 fully saturated rings. The van der Waals surface area contributed by atoms with Gasteiger partial charge in [0.15, 0.2) is 11.8 Å². The Kier molecular flexibility index (Phi) is 6.96. The first kappa shape index (κ1) is 20.9. The predicted molar refractivity (Wildman–Crippen MR) is 89.8 cm³/mol. The lowest BCUT2D eigenvalue weighted by Gasteiger charge is -2.38. The van der Waals surface area contributed by atoms with E-state index in [1.54, 1.807) is 20.8 Å². The standard InChI is InChI=1S/C17H28N2O6/c1-10-7-8-12(9-19(10)16(23)25-17(3,4)5)14(21)18-13(11(2)20)15(22)24-6/h10,12-13H,7-9H2,1-6H3,(H,18,21)/t10-,12-,13?/m1/s1. The molecule has 0 bridgehead atoms. The smallest absolute Gasteiger partial charge is 0.410 e. The van der Waals surface area contributed by atoms with Crippen molar-refractivity contribution in [3.05, 3.63) is 0 Å². The maximum atomic E-state index is 12.4. The van der Waals surface area contributed by atoms with Crippen LogP contribution in [0.5, 0.6) is 0 Å². The lowest BCUT2D eigenvalue weighted by molar-refractivity contribution is -0.149. The number of nitrogens with zero attached hydrogens (tertiary/aromatic N) is 1. The van der Waals surface area contributed by atoms with Gasteiger partial charge in [-0.2, -0.15) is 0 Å². The molecule has 1 N–H and O–H groups in total. The van der Waals surface area contributed by atoms with E-state index in [2.05, 4.69) is 10.1 Å². The fourth-order valence-electron chi connectivity index (χ4n) is 2.60. The normalized spacial score (nSPS) is 21.9. The topological polar surface area (TPSA) is 102 Å². The summed E-state index contributed by atoms with van der Waals surface area (Å²) in [6, 6.07) is -1.38. The number of carbonyl (C=O) groups is 4. The summed E-state index contributed by atoms with van der Waals surface area (Å²) < 4.78 is 9.91. The Morgan fingerprint density at radius 3 is 2.24 bits per heavy atom. The molecule has 8 nitrogen and oxygen atoms in total. The molecule has 1 rings (SSSR count). The summed E-state index contributed by atoms with van der Waals surface area (Å²) >= 11 is 0. The van der Waals surface area contributed by atoms with Gasteiger partial charge in [0.05, 0.1) is 13.0 Å². The van der Waals surface area contributed by atoms with Gasteiger partial charge < -0.3 is 19.7 Å². The van der Waals surface area contributed by atoms with Crippen LogP contribution in [0.2, 0.25) is 0 Å². The van der Waals surface area contributed by atoms with Gasteiger partial charge >= 0.3 is 12.1 Å². The molecule has 0 radical (unpaired) electrons. The number of rotatable bonds is 4. The number of carbonyl (C=O) groups excluding carboxylic acids is 4. The fraction of sp³-hybridized carbons (Fsp3) is 0.765. The second-order valence-electron chi connectivity index (χ2n) is 7.33. The third-order valence-corrected chi connectivity index (χ3v) is 4.01. The number of likely N-dealkylation sites (tertiary alicyclic amines) is 1. The van der Waals surface area contributed by atoms with Crippen molar-refractivity contribution in [3.63, 3.8) is 0 Å². The SMILES string of the molecule is COC(=O)C(NC(=O)[C@@H]1CC[C@@H](C)N(C(=O)OC(C)(C)C)C1)C(C)=O. The first-order valence-corrected chi connectivity index (χ1v) is 8.34. The van der Waals surface area contributed by atoms with Gasteiger partial charge in [-0.25, -0.2) is 9.59 Å². The van der Waals surface area contributed by atoms with E-state index in [0.29, 0.717) is 12.8 Å². The largest absolute Gasteiger partial charge is 0.467 e. The molecular formula is C17H28N2O6. The summed E-state index contributed by atoms with van der Waals surface area (Å²) in [6.45, 7) is 8.60. The van der Waals surface area contributed by atoms with Crippen molar-refractivity contribution in [1.29, 1.82) is 0 Å². The number of nitrogens with one attached hydrogen (secondary N) is 1. The summed E-state index contributed by atoms with van der Waals surface area (Å²) in [7, 11) is 1.15. The van der Waals surface area contributed by atoms with Gasteiger partial charge in [0.1, 0.15) is 5.60 Å². The Bertz CT molecular complexity index is 540. The number of esters is 1. The lowest BCUT2D eigenvalue weighted by atomic mass is 9.92. The molecule has 0 aromatic heterocycles. The van der Waals surface area contributed by atoms with Crippen molar-refractivity contribution in [2.75, 3.05) is 13.7 Å². The van der Waals surface area contributed by atoms with Gasteiger partial charge in [0, 0.05) is 12.6 Å². The van der Waals surface area contributed by atoms with Crippen LogP contribution in [0.25, 0.3) is 0 Å². The third-order valence-electron chi connectivity index (χ3n) is 4.01. The minimum atomic E-state index is -1.33. The van der Waals surface area contributed by atoms with E-state index in [-0.39, 0.29) is 12.6 Å². The van der Waals surface area contributed by atoms with Crippen molar-refractivity contribution in [3.8, 4) is 0 Å². The number of amides is 2. The van der Waals surface area contributed by atoms with E-state index in [4.69, 9.17) is 4.74 Å². The van der Waals surface area contributed by atoms with E-state index in [1.165, 1.54) is 11.8 Å². The molecule has 0 aliphatic carbocycles. The van der Waals surface area contributed by atoms with Gasteiger partial charge in [0.25, 0.3) is 0 Å². The van der Waals surface area contributed by atoms with Crippen LogP contribution in [-0.4, -0.2) is 60.0 Å². The molecule has 1 saturated heterocycles. The quantitative estimate of drug-likeness (QED) is 0.601. The fourth-order valence-corrected chi connectivity index (χ4v) is 2.60. The number of hydrogen-bond acceptors (Lipinski definition) is 6. The Balaban J connectivity index is 2.78. The van der Waals surface area contributed by atoms with Gasteiger partial charge in [-0.05, 0) is 47.5 Å². The van der Waals surface area contributed by atoms with Crippen LogP contribution in [-0.2, 0) is 23.9 Å². The Morgan fingerprint density at radius 1 is 1.16 bits per heavy atom. The first-order chi connectivity index (χ1) is 11.5. The number of Topliss-reactive ketones (excluding diaryl/α,β-unsaturated/α-hetero) is 1. The third kappa shape index (κ3) is 6.03. The molecule has 0 aromatic rings. The minimum absolute atomic E-state index is 0.0527. The second kappa shape index (κ2) is 8.31. The van der Waals surface area contributed by atoms with Crippen LogP contribution in [0.15, 0.2) is 0 Å². The zero-order valence-electron chi connectivity index (χ0n) is 15.8. The van der Waals surface area contributed by atoms with Gasteiger partial charge in [-0.15, -0.1) is 0 Å². The maximum Gasteiger partial charge on any atom is 0.410 e. The molecule has 1 aliphatic heterocycles. The molecule has 1 heterocycles. The molecule has 8 heteroatoms. The molecular weight excluding hydrogens is 328 g/mol. The Labute approximate surface area is 148 Å². The highest BCUT2D eigenvalue weighted by atomic mass is 16.6. The van der Waals surface area contributed by atoms with Crippen molar-refractivity contribution < 1.29 is 28.7 Å². The number of ether oxygens (including phenoxy) is 2. The van der Waals surface area contributed by atoms with Crippen LogP contribution in [0.4, 0.5) is 4.79 Å².